The normalized spacial score (nSPS) is 21.7. The highest BCUT2D eigenvalue weighted by atomic mass is 14.3. The molecule has 0 aromatic rings. The Morgan fingerprint density at radius 2 is 1.45 bits per heavy atom. The van der Waals surface area contributed by atoms with E-state index in [-0.39, 0.29) is 0 Å². The second kappa shape index (κ2) is 3.42. The Morgan fingerprint density at radius 3 is 1.82 bits per heavy atom. The van der Waals surface area contributed by atoms with Crippen LogP contribution in [0.15, 0.2) is 12.2 Å². The van der Waals surface area contributed by atoms with Gasteiger partial charge >= 0.3 is 0 Å². The number of hydrogen-bond donors (Lipinski definition) is 0. The molecule has 1 rings (SSSR count). The Bertz CT molecular complexity index is 127. The summed E-state index contributed by atoms with van der Waals surface area (Å²) in [6, 6.07) is 0. The van der Waals surface area contributed by atoms with Crippen molar-refractivity contribution >= 4 is 0 Å². The van der Waals surface area contributed by atoms with Crippen molar-refractivity contribution in [2.45, 2.75) is 46.5 Å². The molecule has 1 aliphatic rings. The van der Waals surface area contributed by atoms with Gasteiger partial charge in [-0.2, -0.15) is 0 Å². The van der Waals surface area contributed by atoms with Crippen LogP contribution in [0, 0.1) is 11.3 Å². The Hall–Kier alpha value is -0.260. The molecule has 0 aromatic heterocycles. The van der Waals surface area contributed by atoms with Crippen LogP contribution in [-0.4, -0.2) is 0 Å². The van der Waals surface area contributed by atoms with E-state index in [4.69, 9.17) is 0 Å². The molecular formula is C11H20. The SMILES string of the molecule is CC(C)(C)C1CCC=CCC1. The molecule has 0 saturated heterocycles. The molecule has 0 saturated carbocycles. The Kier molecular flexibility index (Phi) is 2.75. The van der Waals surface area contributed by atoms with Gasteiger partial charge < -0.3 is 0 Å². The molecule has 0 aromatic carbocycles. The van der Waals surface area contributed by atoms with Gasteiger partial charge in [-0.15, -0.1) is 0 Å². The lowest BCUT2D eigenvalue weighted by molar-refractivity contribution is 0.217. The van der Waals surface area contributed by atoms with Gasteiger partial charge in [0.2, 0.25) is 0 Å². The fraction of sp³-hybridized carbons (Fsp3) is 0.818. The van der Waals surface area contributed by atoms with E-state index < -0.39 is 0 Å². The minimum atomic E-state index is 0.520. The lowest BCUT2D eigenvalue weighted by Crippen LogP contribution is -2.19. The van der Waals surface area contributed by atoms with E-state index in [0.717, 1.165) is 5.92 Å². The van der Waals surface area contributed by atoms with E-state index in [1.165, 1.54) is 25.7 Å². The van der Waals surface area contributed by atoms with Gasteiger partial charge in [0.25, 0.3) is 0 Å². The molecule has 0 aliphatic heterocycles. The van der Waals surface area contributed by atoms with Crippen molar-refractivity contribution in [3.05, 3.63) is 12.2 Å². The van der Waals surface area contributed by atoms with Gasteiger partial charge in [0.05, 0.1) is 0 Å². The third-order valence-electron chi connectivity index (χ3n) is 2.76. The molecule has 0 spiro atoms. The van der Waals surface area contributed by atoms with Crippen molar-refractivity contribution in [2.24, 2.45) is 11.3 Å². The second-order valence-corrected chi connectivity index (χ2v) is 4.69. The summed E-state index contributed by atoms with van der Waals surface area (Å²) in [7, 11) is 0. The number of allylic oxidation sites excluding steroid dienone is 2. The van der Waals surface area contributed by atoms with Crippen LogP contribution in [0.1, 0.15) is 46.5 Å². The molecule has 0 N–H and O–H groups in total. The summed E-state index contributed by atoms with van der Waals surface area (Å²) < 4.78 is 0. The summed E-state index contributed by atoms with van der Waals surface area (Å²) in [4.78, 5) is 0. The summed E-state index contributed by atoms with van der Waals surface area (Å²) in [5, 5.41) is 0. The van der Waals surface area contributed by atoms with Crippen LogP contribution in [0.2, 0.25) is 0 Å². The van der Waals surface area contributed by atoms with Crippen LogP contribution < -0.4 is 0 Å². The van der Waals surface area contributed by atoms with E-state index in [0.29, 0.717) is 5.41 Å². The number of hydrogen-bond acceptors (Lipinski definition) is 0. The van der Waals surface area contributed by atoms with Gasteiger partial charge in [0.1, 0.15) is 0 Å². The van der Waals surface area contributed by atoms with Gasteiger partial charge in [-0.05, 0) is 37.0 Å². The van der Waals surface area contributed by atoms with Crippen LogP contribution in [0.5, 0.6) is 0 Å². The fourth-order valence-corrected chi connectivity index (χ4v) is 1.84. The monoisotopic (exact) mass is 152 g/mol. The van der Waals surface area contributed by atoms with Crippen molar-refractivity contribution in [2.75, 3.05) is 0 Å². The maximum atomic E-state index is 2.36. The fourth-order valence-electron chi connectivity index (χ4n) is 1.84. The van der Waals surface area contributed by atoms with E-state index in [2.05, 4.69) is 32.9 Å². The highest BCUT2D eigenvalue weighted by Gasteiger charge is 2.23. The summed E-state index contributed by atoms with van der Waals surface area (Å²) in [5.74, 6) is 0.928. The van der Waals surface area contributed by atoms with Crippen molar-refractivity contribution in [1.29, 1.82) is 0 Å². The highest BCUT2D eigenvalue weighted by molar-refractivity contribution is 4.89. The third-order valence-corrected chi connectivity index (χ3v) is 2.76. The molecule has 0 nitrogen and oxygen atoms in total. The summed E-state index contributed by atoms with van der Waals surface area (Å²) in [6.45, 7) is 7.09. The van der Waals surface area contributed by atoms with Gasteiger partial charge in [0.15, 0.2) is 0 Å². The van der Waals surface area contributed by atoms with E-state index in [9.17, 15) is 0 Å². The average molecular weight is 152 g/mol. The highest BCUT2D eigenvalue weighted by Crippen LogP contribution is 2.34. The topological polar surface area (TPSA) is 0 Å². The summed E-state index contributed by atoms with van der Waals surface area (Å²) in [6.07, 6.45) is 10.0. The smallest absolute Gasteiger partial charge is 0.0348 e. The third kappa shape index (κ3) is 2.69. The van der Waals surface area contributed by atoms with Gasteiger partial charge in [-0.1, -0.05) is 32.9 Å². The molecule has 11 heavy (non-hydrogen) atoms. The van der Waals surface area contributed by atoms with Crippen molar-refractivity contribution in [3.63, 3.8) is 0 Å². The van der Waals surface area contributed by atoms with Crippen LogP contribution in [-0.2, 0) is 0 Å². The molecule has 0 unspecified atom stereocenters. The van der Waals surface area contributed by atoms with Crippen LogP contribution >= 0.6 is 0 Å². The molecule has 1 aliphatic carbocycles. The van der Waals surface area contributed by atoms with Gasteiger partial charge in [0, 0.05) is 0 Å². The van der Waals surface area contributed by atoms with Crippen molar-refractivity contribution in [3.8, 4) is 0 Å². The van der Waals surface area contributed by atoms with Crippen molar-refractivity contribution < 1.29 is 0 Å². The largest absolute Gasteiger partial charge is 0.0885 e. The summed E-state index contributed by atoms with van der Waals surface area (Å²) >= 11 is 0. The Balaban J connectivity index is 2.47. The lowest BCUT2D eigenvalue weighted by Gasteiger charge is -2.29. The van der Waals surface area contributed by atoms with E-state index in [1.807, 2.05) is 0 Å². The molecule has 0 heterocycles. The first-order chi connectivity index (χ1) is 5.11. The molecule has 64 valence electrons. The maximum Gasteiger partial charge on any atom is -0.0348 e. The first-order valence-electron chi connectivity index (χ1n) is 4.76. The lowest BCUT2D eigenvalue weighted by atomic mass is 9.76. The first-order valence-corrected chi connectivity index (χ1v) is 4.76. The zero-order valence-electron chi connectivity index (χ0n) is 8.06. The van der Waals surface area contributed by atoms with Gasteiger partial charge in [-0.25, -0.2) is 0 Å². The Labute approximate surface area is 70.7 Å². The minimum absolute atomic E-state index is 0.520. The molecule has 0 heteroatoms. The molecule has 0 amide bonds. The maximum absolute atomic E-state index is 2.36. The zero-order chi connectivity index (χ0) is 8.32. The molecule has 0 fully saturated rings. The van der Waals surface area contributed by atoms with Crippen LogP contribution in [0.4, 0.5) is 0 Å². The first kappa shape index (κ1) is 8.83. The zero-order valence-corrected chi connectivity index (χ0v) is 8.06. The summed E-state index contributed by atoms with van der Waals surface area (Å²) in [5.41, 5.74) is 0.520. The second-order valence-electron chi connectivity index (χ2n) is 4.69. The predicted molar refractivity (Wildman–Crippen MR) is 50.6 cm³/mol. The molecule has 0 radical (unpaired) electrons. The van der Waals surface area contributed by atoms with E-state index in [1.54, 1.807) is 0 Å². The molecule has 0 bridgehead atoms. The Morgan fingerprint density at radius 1 is 1.00 bits per heavy atom. The van der Waals surface area contributed by atoms with Crippen LogP contribution in [0.3, 0.4) is 0 Å². The molecular weight excluding hydrogens is 132 g/mol. The van der Waals surface area contributed by atoms with Crippen molar-refractivity contribution in [1.82, 2.24) is 0 Å². The quantitative estimate of drug-likeness (QED) is 0.463. The number of rotatable bonds is 0. The molecule has 0 atom stereocenters. The minimum Gasteiger partial charge on any atom is -0.0885 e. The standard InChI is InChI=1S/C11H20/c1-11(2,3)10-8-6-4-5-7-9-10/h4-5,10H,6-9H2,1-3H3. The predicted octanol–water partition coefficient (Wildman–Crippen LogP) is 3.78. The van der Waals surface area contributed by atoms with Crippen LogP contribution in [0.25, 0.3) is 0 Å². The van der Waals surface area contributed by atoms with Gasteiger partial charge in [-0.3, -0.25) is 0 Å². The van der Waals surface area contributed by atoms with E-state index >= 15 is 0 Å². The average Bonchev–Trinajstić information content (AvgIpc) is 2.10.